The van der Waals surface area contributed by atoms with Crippen LogP contribution in [0.3, 0.4) is 0 Å². The van der Waals surface area contributed by atoms with Gasteiger partial charge >= 0.3 is 0 Å². The van der Waals surface area contributed by atoms with Crippen molar-refractivity contribution in [3.8, 4) is 10.4 Å². The molecular weight excluding hydrogens is 902 g/mol. The van der Waals surface area contributed by atoms with Crippen LogP contribution in [0.2, 0.25) is 5.02 Å². The highest BCUT2D eigenvalue weighted by atomic mass is 35.5. The number of piperidine rings is 1. The standard InChI is InChI=1S/C46H60ClN11O6S2/c1-26(28-12-14-29(15-13-28)39-27(2)52-25-65-39)53-42(63)32-21-30(59)24-58(32)44(64)40(45(3,4)5)56-35(60)11-8-18-50-36(61)22-37(62)54-31-9-7-10-33(38(31)47)66-43-41(48)55-34(23-51-43)57-19-16-46(6,49)17-20-57/h7,9-10,12-15,23,25-26,30,32,40,59H,8,11,16-22,24,49H2,1-6H3,(H2,48,55)(H,50,61)(H,53,63)(H,54,62)(H,56,60)/t26-,30+,32-,40+/m1/s1. The van der Waals surface area contributed by atoms with Gasteiger partial charge in [-0.2, -0.15) is 0 Å². The van der Waals surface area contributed by atoms with Gasteiger partial charge in [-0.25, -0.2) is 15.0 Å². The summed E-state index contributed by atoms with van der Waals surface area (Å²) in [6.07, 6.45) is 2.18. The summed E-state index contributed by atoms with van der Waals surface area (Å²) in [5.41, 5.74) is 16.6. The monoisotopic (exact) mass is 961 g/mol. The first-order chi connectivity index (χ1) is 31.2. The van der Waals surface area contributed by atoms with Gasteiger partial charge in [-0.1, -0.05) is 74.5 Å². The average Bonchev–Trinajstić information content (AvgIpc) is 3.88. The molecule has 0 radical (unpaired) electrons. The average molecular weight is 963 g/mol. The summed E-state index contributed by atoms with van der Waals surface area (Å²) in [6.45, 7) is 12.8. The number of aromatic nitrogens is 3. The Balaban J connectivity index is 0.947. The van der Waals surface area contributed by atoms with E-state index in [1.165, 1.54) is 16.7 Å². The number of aliphatic hydroxyl groups excluding tert-OH is 1. The number of nitrogens with zero attached hydrogens (tertiary/aromatic N) is 5. The Kier molecular flexibility index (Phi) is 16.3. The summed E-state index contributed by atoms with van der Waals surface area (Å²) >= 11 is 9.43. The van der Waals surface area contributed by atoms with Crippen LogP contribution >= 0.6 is 34.7 Å². The summed E-state index contributed by atoms with van der Waals surface area (Å²) in [4.78, 5) is 85.0. The molecule has 2 aliphatic heterocycles. The van der Waals surface area contributed by atoms with Gasteiger partial charge < -0.3 is 47.6 Å². The number of anilines is 3. The second kappa shape index (κ2) is 21.5. The lowest BCUT2D eigenvalue weighted by molar-refractivity contribution is -0.144. The number of benzene rings is 2. The number of rotatable bonds is 16. The lowest BCUT2D eigenvalue weighted by Gasteiger charge is -2.37. The van der Waals surface area contributed by atoms with Crippen LogP contribution in [0.15, 0.2) is 64.1 Å². The minimum atomic E-state index is -1.01. The number of nitrogens with two attached hydrogens (primary N) is 2. The lowest BCUT2D eigenvalue weighted by Crippen LogP contribution is -2.57. The predicted octanol–water partition coefficient (Wildman–Crippen LogP) is 5.21. The molecule has 0 saturated carbocycles. The number of halogens is 1. The number of nitrogens with one attached hydrogen (secondary N) is 4. The Hall–Kier alpha value is -5.34. The van der Waals surface area contributed by atoms with E-state index in [4.69, 9.17) is 23.1 Å². The molecule has 20 heteroatoms. The molecule has 4 aromatic rings. The van der Waals surface area contributed by atoms with Crippen molar-refractivity contribution in [2.24, 2.45) is 11.1 Å². The number of nitrogen functional groups attached to an aromatic ring is 1. The Bertz CT molecular complexity index is 2400. The van der Waals surface area contributed by atoms with Crippen LogP contribution in [0.25, 0.3) is 10.4 Å². The Morgan fingerprint density at radius 1 is 1.03 bits per heavy atom. The molecule has 2 saturated heterocycles. The quantitative estimate of drug-likeness (QED) is 0.0564. The number of carbonyl (C=O) groups is 5. The molecule has 0 spiro atoms. The first kappa shape index (κ1) is 50.1. The first-order valence-corrected chi connectivity index (χ1v) is 24.0. The van der Waals surface area contributed by atoms with Crippen LogP contribution in [-0.2, 0) is 24.0 Å². The van der Waals surface area contributed by atoms with Crippen LogP contribution in [-0.4, -0.2) is 104 Å². The largest absolute Gasteiger partial charge is 0.391 e. The minimum Gasteiger partial charge on any atom is -0.391 e. The zero-order chi connectivity index (χ0) is 47.9. The number of hydrogen-bond acceptors (Lipinski definition) is 14. The summed E-state index contributed by atoms with van der Waals surface area (Å²) in [7, 11) is 0. The zero-order valence-corrected chi connectivity index (χ0v) is 40.5. The molecule has 0 unspecified atom stereocenters. The van der Waals surface area contributed by atoms with Gasteiger partial charge in [0.15, 0.2) is 5.82 Å². The molecule has 17 nitrogen and oxygen atoms in total. The van der Waals surface area contributed by atoms with Crippen LogP contribution in [0.5, 0.6) is 0 Å². The molecule has 6 rings (SSSR count). The predicted molar refractivity (Wildman–Crippen MR) is 258 cm³/mol. The lowest BCUT2D eigenvalue weighted by atomic mass is 9.85. The molecule has 2 aliphatic rings. The van der Waals surface area contributed by atoms with E-state index >= 15 is 0 Å². The van der Waals surface area contributed by atoms with E-state index in [0.29, 0.717) is 21.4 Å². The molecule has 66 heavy (non-hydrogen) atoms. The topological polar surface area (TPSA) is 251 Å². The van der Waals surface area contributed by atoms with Gasteiger partial charge in [0.05, 0.1) is 45.1 Å². The molecule has 9 N–H and O–H groups in total. The summed E-state index contributed by atoms with van der Waals surface area (Å²) in [6, 6.07) is 10.6. The zero-order valence-electron chi connectivity index (χ0n) is 38.2. The van der Waals surface area contributed by atoms with Crippen molar-refractivity contribution in [3.05, 3.63) is 70.5 Å². The molecule has 0 bridgehead atoms. The third-order valence-corrected chi connectivity index (χ3v) is 14.3. The first-order valence-electron chi connectivity index (χ1n) is 22.0. The smallest absolute Gasteiger partial charge is 0.246 e. The Morgan fingerprint density at radius 3 is 2.39 bits per heavy atom. The van der Waals surface area contributed by atoms with E-state index < -0.39 is 59.6 Å². The van der Waals surface area contributed by atoms with Crippen molar-refractivity contribution in [3.63, 3.8) is 0 Å². The van der Waals surface area contributed by atoms with Gasteiger partial charge in [0.25, 0.3) is 0 Å². The van der Waals surface area contributed by atoms with Crippen LogP contribution in [0, 0.1) is 12.3 Å². The van der Waals surface area contributed by atoms with E-state index in [0.717, 1.165) is 47.6 Å². The van der Waals surface area contributed by atoms with E-state index in [2.05, 4.69) is 41.1 Å². The molecule has 4 heterocycles. The molecule has 354 valence electrons. The second-order valence-corrected chi connectivity index (χ2v) is 20.6. The minimum absolute atomic E-state index is 0.0263. The molecule has 0 aliphatic carbocycles. The number of carbonyl (C=O) groups excluding carboxylic acids is 5. The molecule has 5 amide bonds. The third-order valence-electron chi connectivity index (χ3n) is 11.7. The number of likely N-dealkylation sites (tertiary alicyclic amines) is 1. The fourth-order valence-corrected chi connectivity index (χ4v) is 9.69. The molecule has 2 aromatic heterocycles. The maximum Gasteiger partial charge on any atom is 0.246 e. The van der Waals surface area contributed by atoms with E-state index in [9.17, 15) is 29.1 Å². The van der Waals surface area contributed by atoms with E-state index in [1.54, 1.807) is 62.0 Å². The van der Waals surface area contributed by atoms with Gasteiger partial charge in [0, 0.05) is 49.5 Å². The number of β-amino-alcohol motifs (C(OH)–C–C–N with tert-alkyl or cyclic N) is 1. The fraction of sp³-hybridized carbons (Fsp3) is 0.478. The van der Waals surface area contributed by atoms with Gasteiger partial charge in [0.2, 0.25) is 29.5 Å². The van der Waals surface area contributed by atoms with Crippen LogP contribution < -0.4 is 37.6 Å². The van der Waals surface area contributed by atoms with Gasteiger partial charge in [-0.05, 0) is 68.7 Å². The van der Waals surface area contributed by atoms with Gasteiger partial charge in [0.1, 0.15) is 29.3 Å². The summed E-state index contributed by atoms with van der Waals surface area (Å²) in [5, 5.41) is 22.5. The van der Waals surface area contributed by atoms with Crippen molar-refractivity contribution in [2.45, 2.75) is 120 Å². The normalized spacial score (nSPS) is 18.0. The molecular formula is C46H60ClN11O6S2. The molecule has 2 aromatic carbocycles. The number of thiazole rings is 1. The van der Waals surface area contributed by atoms with Crippen molar-refractivity contribution in [2.75, 3.05) is 42.1 Å². The highest BCUT2D eigenvalue weighted by molar-refractivity contribution is 7.99. The summed E-state index contributed by atoms with van der Waals surface area (Å²) in [5.74, 6) is -1.55. The SMILES string of the molecule is Cc1ncsc1-c1ccc([C@@H](C)NC(=O)[C@H]2C[C@H](O)CN2C(=O)[C@H](NC(=O)CCCNC(=O)CC(=O)Nc2cccc(Sc3ncc(N4CCC(C)(N)CC4)nc3N)c2Cl)C(C)(C)C)cc1. The Morgan fingerprint density at radius 2 is 1.74 bits per heavy atom. The van der Waals surface area contributed by atoms with Crippen molar-refractivity contribution >= 4 is 81.6 Å². The second-order valence-electron chi connectivity index (χ2n) is 18.3. The maximum absolute atomic E-state index is 14.1. The number of aliphatic hydroxyl groups is 1. The van der Waals surface area contributed by atoms with Crippen molar-refractivity contribution in [1.29, 1.82) is 0 Å². The van der Waals surface area contributed by atoms with Crippen molar-refractivity contribution < 1.29 is 29.1 Å². The van der Waals surface area contributed by atoms with Crippen molar-refractivity contribution in [1.82, 2.24) is 35.8 Å². The highest BCUT2D eigenvalue weighted by Crippen LogP contribution is 2.39. The maximum atomic E-state index is 14.1. The fourth-order valence-electron chi connectivity index (χ4n) is 7.78. The number of hydrogen-bond donors (Lipinski definition) is 7. The Labute approximate surface area is 398 Å². The number of aryl methyl sites for hydroxylation is 1. The van der Waals surface area contributed by atoms with Crippen LogP contribution in [0.1, 0.15) is 90.4 Å². The van der Waals surface area contributed by atoms with Gasteiger partial charge in [-0.3, -0.25) is 24.0 Å². The third kappa shape index (κ3) is 13.0. The molecule has 2 fully saturated rings. The van der Waals surface area contributed by atoms with E-state index in [1.807, 2.05) is 45.0 Å². The van der Waals surface area contributed by atoms with Gasteiger partial charge in [-0.15, -0.1) is 11.3 Å². The van der Waals surface area contributed by atoms with E-state index in [-0.39, 0.29) is 54.8 Å². The highest BCUT2D eigenvalue weighted by Gasteiger charge is 2.44. The number of amides is 5. The molecule has 4 atom stereocenters. The van der Waals surface area contributed by atoms with Crippen LogP contribution in [0.4, 0.5) is 17.3 Å². The summed E-state index contributed by atoms with van der Waals surface area (Å²) < 4.78 is 0.